The van der Waals surface area contributed by atoms with E-state index in [0.717, 1.165) is 0 Å². The lowest BCUT2D eigenvalue weighted by Gasteiger charge is -1.98. The normalized spacial score (nSPS) is 10.1. The van der Waals surface area contributed by atoms with Gasteiger partial charge in [0.2, 0.25) is 11.0 Å². The van der Waals surface area contributed by atoms with Crippen LogP contribution in [-0.2, 0) is 16.1 Å². The molecule has 0 radical (unpaired) electrons. The Balaban J connectivity index is 2.39. The summed E-state index contributed by atoms with van der Waals surface area (Å²) < 4.78 is 4.76. The van der Waals surface area contributed by atoms with Crippen molar-refractivity contribution in [2.45, 2.75) is 13.0 Å². The first-order valence-electron chi connectivity index (χ1n) is 4.07. The van der Waals surface area contributed by atoms with Crippen LogP contribution >= 0.6 is 11.3 Å². The minimum atomic E-state index is -0.133. The fourth-order valence-electron chi connectivity index (χ4n) is 0.763. The molecule has 0 bridgehead atoms. The number of nitrogens with two attached hydrogens (primary N) is 1. The van der Waals surface area contributed by atoms with E-state index < -0.39 is 0 Å². The first-order chi connectivity index (χ1) is 6.76. The summed E-state index contributed by atoms with van der Waals surface area (Å²) in [6.07, 6.45) is 0.314. The number of hydrogen-bond acceptors (Lipinski definition) is 6. The summed E-state index contributed by atoms with van der Waals surface area (Å²) in [4.78, 5) is 11.2. The maximum absolute atomic E-state index is 11.2. The number of ether oxygens (including phenoxy) is 1. The Morgan fingerprint density at radius 3 is 3.00 bits per heavy atom. The molecule has 0 aliphatic heterocycles. The van der Waals surface area contributed by atoms with Gasteiger partial charge in [-0.05, 0) is 0 Å². The standard InChI is InChI=1S/C7H12N4O2S/c1-13-3-2-5(12)9-7-11-10-6(4-8)14-7/h2-4,8H2,1H3,(H,9,11,12). The van der Waals surface area contributed by atoms with Crippen molar-refractivity contribution >= 4 is 22.4 Å². The molecule has 1 amide bonds. The van der Waals surface area contributed by atoms with E-state index in [2.05, 4.69) is 15.5 Å². The predicted octanol–water partition coefficient (Wildman–Crippen LogP) is -0.0282. The number of hydrogen-bond donors (Lipinski definition) is 2. The Morgan fingerprint density at radius 1 is 1.64 bits per heavy atom. The van der Waals surface area contributed by atoms with E-state index in [1.165, 1.54) is 11.3 Å². The largest absolute Gasteiger partial charge is 0.384 e. The smallest absolute Gasteiger partial charge is 0.228 e. The molecule has 7 heteroatoms. The number of aromatic nitrogens is 2. The SMILES string of the molecule is COCCC(=O)Nc1nnc(CN)s1. The van der Waals surface area contributed by atoms with Crippen LogP contribution in [-0.4, -0.2) is 29.8 Å². The highest BCUT2D eigenvalue weighted by molar-refractivity contribution is 7.15. The summed E-state index contributed by atoms with van der Waals surface area (Å²) in [5.41, 5.74) is 5.35. The third kappa shape index (κ3) is 3.36. The first kappa shape index (κ1) is 11.0. The molecule has 0 atom stereocenters. The number of nitrogens with one attached hydrogen (secondary N) is 1. The van der Waals surface area contributed by atoms with E-state index in [1.807, 2.05) is 0 Å². The second-order valence-electron chi connectivity index (χ2n) is 2.50. The van der Waals surface area contributed by atoms with Gasteiger partial charge in [-0.2, -0.15) is 0 Å². The molecular weight excluding hydrogens is 204 g/mol. The Morgan fingerprint density at radius 2 is 2.43 bits per heavy atom. The molecule has 0 spiro atoms. The van der Waals surface area contributed by atoms with E-state index >= 15 is 0 Å². The van der Waals surface area contributed by atoms with Gasteiger partial charge in [-0.15, -0.1) is 10.2 Å². The van der Waals surface area contributed by atoms with Crippen LogP contribution in [0.15, 0.2) is 0 Å². The highest BCUT2D eigenvalue weighted by Gasteiger charge is 2.06. The molecule has 78 valence electrons. The van der Waals surface area contributed by atoms with E-state index in [4.69, 9.17) is 10.5 Å². The summed E-state index contributed by atoms with van der Waals surface area (Å²) in [6, 6.07) is 0. The summed E-state index contributed by atoms with van der Waals surface area (Å²) in [5, 5.41) is 11.3. The van der Waals surface area contributed by atoms with Crippen molar-refractivity contribution in [3.63, 3.8) is 0 Å². The van der Waals surface area contributed by atoms with Crippen molar-refractivity contribution < 1.29 is 9.53 Å². The van der Waals surface area contributed by atoms with Crippen molar-refractivity contribution in [1.82, 2.24) is 10.2 Å². The van der Waals surface area contributed by atoms with Crippen molar-refractivity contribution in [1.29, 1.82) is 0 Å². The lowest BCUT2D eigenvalue weighted by molar-refractivity contribution is -0.117. The molecule has 0 saturated carbocycles. The molecule has 1 aromatic heterocycles. The topological polar surface area (TPSA) is 90.1 Å². The summed E-state index contributed by atoms with van der Waals surface area (Å²) >= 11 is 1.27. The molecule has 1 heterocycles. The third-order valence-corrected chi connectivity index (χ3v) is 2.28. The third-order valence-electron chi connectivity index (χ3n) is 1.42. The minimum Gasteiger partial charge on any atom is -0.384 e. The Kier molecular flexibility index (Phi) is 4.44. The van der Waals surface area contributed by atoms with Crippen molar-refractivity contribution in [3.05, 3.63) is 5.01 Å². The van der Waals surface area contributed by atoms with Crippen LogP contribution in [0.3, 0.4) is 0 Å². The van der Waals surface area contributed by atoms with E-state index in [-0.39, 0.29) is 5.91 Å². The molecule has 1 aromatic rings. The predicted molar refractivity (Wildman–Crippen MR) is 52.9 cm³/mol. The molecule has 1 rings (SSSR count). The molecule has 0 aromatic carbocycles. The van der Waals surface area contributed by atoms with E-state index in [0.29, 0.717) is 29.7 Å². The summed E-state index contributed by atoms with van der Waals surface area (Å²) in [7, 11) is 1.55. The number of anilines is 1. The number of carbonyl (C=O) groups excluding carboxylic acids is 1. The van der Waals surface area contributed by atoms with Crippen LogP contribution in [0.5, 0.6) is 0 Å². The molecule has 0 fully saturated rings. The zero-order valence-electron chi connectivity index (χ0n) is 7.82. The zero-order valence-corrected chi connectivity index (χ0v) is 8.63. The highest BCUT2D eigenvalue weighted by atomic mass is 32.1. The van der Waals surface area contributed by atoms with Crippen LogP contribution in [0.2, 0.25) is 0 Å². The van der Waals surface area contributed by atoms with Gasteiger partial charge in [0, 0.05) is 13.7 Å². The van der Waals surface area contributed by atoms with Gasteiger partial charge in [0.05, 0.1) is 13.0 Å². The second kappa shape index (κ2) is 5.63. The fraction of sp³-hybridized carbons (Fsp3) is 0.571. The fourth-order valence-corrected chi connectivity index (χ4v) is 1.40. The zero-order chi connectivity index (χ0) is 10.4. The molecule has 0 unspecified atom stereocenters. The lowest BCUT2D eigenvalue weighted by atomic mass is 10.4. The van der Waals surface area contributed by atoms with Crippen LogP contribution < -0.4 is 11.1 Å². The molecule has 3 N–H and O–H groups in total. The Bertz CT molecular complexity index is 302. The average Bonchev–Trinajstić information content (AvgIpc) is 2.62. The minimum absolute atomic E-state index is 0.133. The molecule has 6 nitrogen and oxygen atoms in total. The summed E-state index contributed by atoms with van der Waals surface area (Å²) in [5.74, 6) is -0.133. The number of rotatable bonds is 5. The van der Waals surface area contributed by atoms with Crippen molar-refractivity contribution in [3.8, 4) is 0 Å². The van der Waals surface area contributed by atoms with Gasteiger partial charge >= 0.3 is 0 Å². The highest BCUT2D eigenvalue weighted by Crippen LogP contribution is 2.14. The van der Waals surface area contributed by atoms with Gasteiger partial charge in [-0.1, -0.05) is 11.3 Å². The van der Waals surface area contributed by atoms with Crippen LogP contribution in [0.4, 0.5) is 5.13 Å². The maximum atomic E-state index is 11.2. The monoisotopic (exact) mass is 216 g/mol. The van der Waals surface area contributed by atoms with Gasteiger partial charge in [0.1, 0.15) is 5.01 Å². The van der Waals surface area contributed by atoms with Gasteiger partial charge in [0.25, 0.3) is 0 Å². The summed E-state index contributed by atoms with van der Waals surface area (Å²) in [6.45, 7) is 0.736. The van der Waals surface area contributed by atoms with Gasteiger partial charge in [-0.25, -0.2) is 0 Å². The van der Waals surface area contributed by atoms with Gasteiger partial charge < -0.3 is 15.8 Å². The Labute approximate surface area is 85.5 Å². The van der Waals surface area contributed by atoms with Crippen LogP contribution in [0, 0.1) is 0 Å². The number of carbonyl (C=O) groups is 1. The van der Waals surface area contributed by atoms with E-state index in [9.17, 15) is 4.79 Å². The van der Waals surface area contributed by atoms with Gasteiger partial charge in [-0.3, -0.25) is 4.79 Å². The van der Waals surface area contributed by atoms with Gasteiger partial charge in [0.15, 0.2) is 0 Å². The second-order valence-corrected chi connectivity index (χ2v) is 3.56. The van der Waals surface area contributed by atoms with E-state index in [1.54, 1.807) is 7.11 Å². The van der Waals surface area contributed by atoms with Crippen molar-refractivity contribution in [2.24, 2.45) is 5.73 Å². The number of amides is 1. The van der Waals surface area contributed by atoms with Crippen molar-refractivity contribution in [2.75, 3.05) is 19.0 Å². The van der Waals surface area contributed by atoms with Crippen LogP contribution in [0.1, 0.15) is 11.4 Å². The number of methoxy groups -OCH3 is 1. The first-order valence-corrected chi connectivity index (χ1v) is 4.89. The Hall–Kier alpha value is -1.05. The molecular formula is C7H12N4O2S. The quantitative estimate of drug-likeness (QED) is 0.721. The molecule has 0 aliphatic rings. The molecule has 14 heavy (non-hydrogen) atoms. The average molecular weight is 216 g/mol. The molecule has 0 aliphatic carbocycles. The lowest BCUT2D eigenvalue weighted by Crippen LogP contribution is -2.13. The van der Waals surface area contributed by atoms with Crippen LogP contribution in [0.25, 0.3) is 0 Å². The number of nitrogens with zero attached hydrogens (tertiary/aromatic N) is 2. The maximum Gasteiger partial charge on any atom is 0.228 e. The molecule has 0 saturated heterocycles.